The van der Waals surface area contributed by atoms with E-state index in [0.29, 0.717) is 6.10 Å². The minimum Gasteiger partial charge on any atom is -0.379 e. The lowest BCUT2D eigenvalue weighted by Gasteiger charge is -2.09. The van der Waals surface area contributed by atoms with Crippen LogP contribution in [-0.2, 0) is 4.74 Å². The standard InChI is InChI=1S/C19H40O/c1-4-6-7-8-9-10-11-12-13-14-15-16-17-18-20-19(3)5-2/h19H,4-18H2,1-3H3. The van der Waals surface area contributed by atoms with Gasteiger partial charge in [-0.25, -0.2) is 0 Å². The Morgan fingerprint density at radius 2 is 1.00 bits per heavy atom. The van der Waals surface area contributed by atoms with Gasteiger partial charge < -0.3 is 4.74 Å². The fourth-order valence-corrected chi connectivity index (χ4v) is 2.52. The Morgan fingerprint density at radius 1 is 0.600 bits per heavy atom. The zero-order chi connectivity index (χ0) is 14.9. The third-order valence-electron chi connectivity index (χ3n) is 4.23. The van der Waals surface area contributed by atoms with E-state index in [1.807, 2.05) is 0 Å². The molecule has 0 N–H and O–H groups in total. The van der Waals surface area contributed by atoms with Gasteiger partial charge in [0.1, 0.15) is 0 Å². The van der Waals surface area contributed by atoms with Crippen molar-refractivity contribution in [3.63, 3.8) is 0 Å². The van der Waals surface area contributed by atoms with Crippen molar-refractivity contribution in [2.24, 2.45) is 0 Å². The number of hydrogen-bond donors (Lipinski definition) is 0. The van der Waals surface area contributed by atoms with Crippen LogP contribution in [0.2, 0.25) is 0 Å². The van der Waals surface area contributed by atoms with Crippen LogP contribution in [0.5, 0.6) is 0 Å². The van der Waals surface area contributed by atoms with Crippen LogP contribution in [0, 0.1) is 0 Å². The summed E-state index contributed by atoms with van der Waals surface area (Å²) in [7, 11) is 0. The molecule has 0 saturated carbocycles. The van der Waals surface area contributed by atoms with Crippen LogP contribution in [0.4, 0.5) is 0 Å². The second-order valence-corrected chi connectivity index (χ2v) is 6.33. The largest absolute Gasteiger partial charge is 0.379 e. The molecule has 1 nitrogen and oxygen atoms in total. The second-order valence-electron chi connectivity index (χ2n) is 6.33. The fourth-order valence-electron chi connectivity index (χ4n) is 2.52. The molecule has 0 rings (SSSR count). The van der Waals surface area contributed by atoms with Gasteiger partial charge in [0.25, 0.3) is 0 Å². The number of hydrogen-bond acceptors (Lipinski definition) is 1. The van der Waals surface area contributed by atoms with Crippen LogP contribution in [-0.4, -0.2) is 12.7 Å². The van der Waals surface area contributed by atoms with Crippen molar-refractivity contribution in [2.75, 3.05) is 6.61 Å². The molecule has 0 spiro atoms. The molecule has 0 saturated heterocycles. The smallest absolute Gasteiger partial charge is 0.0544 e. The molecule has 1 unspecified atom stereocenters. The van der Waals surface area contributed by atoms with Crippen LogP contribution in [0.25, 0.3) is 0 Å². The second kappa shape index (κ2) is 17.0. The molecule has 122 valence electrons. The zero-order valence-electron chi connectivity index (χ0n) is 14.6. The van der Waals surface area contributed by atoms with E-state index in [9.17, 15) is 0 Å². The van der Waals surface area contributed by atoms with E-state index < -0.39 is 0 Å². The van der Waals surface area contributed by atoms with Crippen molar-refractivity contribution < 1.29 is 4.74 Å². The molecule has 1 atom stereocenters. The third kappa shape index (κ3) is 16.0. The zero-order valence-corrected chi connectivity index (χ0v) is 14.6. The monoisotopic (exact) mass is 284 g/mol. The first-order valence-corrected chi connectivity index (χ1v) is 9.42. The maximum Gasteiger partial charge on any atom is 0.0544 e. The molecule has 0 bridgehead atoms. The molecule has 0 aliphatic rings. The summed E-state index contributed by atoms with van der Waals surface area (Å²) in [4.78, 5) is 0. The lowest BCUT2D eigenvalue weighted by Crippen LogP contribution is -2.07. The molecule has 0 radical (unpaired) electrons. The molecule has 0 aromatic heterocycles. The predicted octanol–water partition coefficient (Wildman–Crippen LogP) is 6.89. The maximum atomic E-state index is 5.69. The van der Waals surface area contributed by atoms with Gasteiger partial charge in [0.05, 0.1) is 6.10 Å². The lowest BCUT2D eigenvalue weighted by molar-refractivity contribution is 0.0608. The predicted molar refractivity (Wildman–Crippen MR) is 91.4 cm³/mol. The van der Waals surface area contributed by atoms with Gasteiger partial charge in [-0.05, 0) is 19.8 Å². The summed E-state index contributed by atoms with van der Waals surface area (Å²) < 4.78 is 5.69. The van der Waals surface area contributed by atoms with E-state index in [1.165, 1.54) is 83.5 Å². The average molecular weight is 285 g/mol. The highest BCUT2D eigenvalue weighted by atomic mass is 16.5. The first-order valence-electron chi connectivity index (χ1n) is 9.42. The van der Waals surface area contributed by atoms with Gasteiger partial charge in [-0.3, -0.25) is 0 Å². The topological polar surface area (TPSA) is 9.23 Å². The molecule has 0 fully saturated rings. The van der Waals surface area contributed by atoms with Gasteiger partial charge in [0.15, 0.2) is 0 Å². The maximum absolute atomic E-state index is 5.69. The SMILES string of the molecule is CCCCCCCCCCCCCCCOC(C)CC. The van der Waals surface area contributed by atoms with Crippen LogP contribution in [0.1, 0.15) is 111 Å². The van der Waals surface area contributed by atoms with Crippen LogP contribution >= 0.6 is 0 Å². The van der Waals surface area contributed by atoms with Gasteiger partial charge >= 0.3 is 0 Å². The van der Waals surface area contributed by atoms with Gasteiger partial charge in [-0.15, -0.1) is 0 Å². The van der Waals surface area contributed by atoms with E-state index in [2.05, 4.69) is 20.8 Å². The first kappa shape index (κ1) is 20.0. The highest BCUT2D eigenvalue weighted by Gasteiger charge is 1.97. The summed E-state index contributed by atoms with van der Waals surface area (Å²) in [6, 6.07) is 0. The molecule has 0 aromatic carbocycles. The Labute approximate surface area is 128 Å². The molecular weight excluding hydrogens is 244 g/mol. The summed E-state index contributed by atoms with van der Waals surface area (Å²) in [5.41, 5.74) is 0. The summed E-state index contributed by atoms with van der Waals surface area (Å²) in [6.45, 7) is 7.61. The van der Waals surface area contributed by atoms with Crippen molar-refractivity contribution in [3.05, 3.63) is 0 Å². The Balaban J connectivity index is 2.96. The van der Waals surface area contributed by atoms with Crippen LogP contribution < -0.4 is 0 Å². The van der Waals surface area contributed by atoms with Gasteiger partial charge in [-0.2, -0.15) is 0 Å². The van der Waals surface area contributed by atoms with E-state index in [1.54, 1.807) is 0 Å². The molecular formula is C19H40O. The molecule has 0 heterocycles. The first-order chi connectivity index (χ1) is 9.81. The summed E-state index contributed by atoms with van der Waals surface area (Å²) >= 11 is 0. The van der Waals surface area contributed by atoms with Gasteiger partial charge in [0.2, 0.25) is 0 Å². The van der Waals surface area contributed by atoms with Gasteiger partial charge in [0, 0.05) is 6.61 Å². The molecule has 0 amide bonds. The Hall–Kier alpha value is -0.0400. The van der Waals surface area contributed by atoms with E-state index >= 15 is 0 Å². The summed E-state index contributed by atoms with van der Waals surface area (Å²) in [5, 5.41) is 0. The normalized spacial score (nSPS) is 12.8. The molecule has 0 aliphatic carbocycles. The van der Waals surface area contributed by atoms with Crippen molar-refractivity contribution in [1.29, 1.82) is 0 Å². The van der Waals surface area contributed by atoms with Crippen LogP contribution in [0.3, 0.4) is 0 Å². The van der Waals surface area contributed by atoms with Crippen molar-refractivity contribution in [1.82, 2.24) is 0 Å². The molecule has 20 heavy (non-hydrogen) atoms. The summed E-state index contributed by atoms with van der Waals surface area (Å²) in [5.74, 6) is 0. The van der Waals surface area contributed by atoms with E-state index in [4.69, 9.17) is 4.74 Å². The van der Waals surface area contributed by atoms with E-state index in [0.717, 1.165) is 13.0 Å². The van der Waals surface area contributed by atoms with Crippen molar-refractivity contribution >= 4 is 0 Å². The van der Waals surface area contributed by atoms with Crippen molar-refractivity contribution in [2.45, 2.75) is 117 Å². The minimum atomic E-state index is 0.451. The Kier molecular flexibility index (Phi) is 17.0. The summed E-state index contributed by atoms with van der Waals surface area (Å²) in [6.07, 6.45) is 20.0. The molecule has 1 heteroatoms. The highest BCUT2D eigenvalue weighted by molar-refractivity contribution is 4.50. The van der Waals surface area contributed by atoms with Gasteiger partial charge in [-0.1, -0.05) is 90.9 Å². The fraction of sp³-hybridized carbons (Fsp3) is 1.00. The Bertz CT molecular complexity index is 167. The quantitative estimate of drug-likeness (QED) is 0.280. The Morgan fingerprint density at radius 3 is 1.40 bits per heavy atom. The molecule has 0 aromatic rings. The van der Waals surface area contributed by atoms with Crippen molar-refractivity contribution in [3.8, 4) is 0 Å². The number of unbranched alkanes of at least 4 members (excludes halogenated alkanes) is 12. The highest BCUT2D eigenvalue weighted by Crippen LogP contribution is 2.12. The lowest BCUT2D eigenvalue weighted by atomic mass is 10.0. The third-order valence-corrected chi connectivity index (χ3v) is 4.23. The molecule has 0 aliphatic heterocycles. The van der Waals surface area contributed by atoms with Crippen LogP contribution in [0.15, 0.2) is 0 Å². The minimum absolute atomic E-state index is 0.451. The van der Waals surface area contributed by atoms with E-state index in [-0.39, 0.29) is 0 Å². The number of rotatable bonds is 16. The average Bonchev–Trinajstić information content (AvgIpc) is 2.47. The number of ether oxygens (including phenoxy) is 1.